The zero-order valence-corrected chi connectivity index (χ0v) is 13.1. The van der Waals surface area contributed by atoms with Crippen molar-refractivity contribution in [2.75, 3.05) is 0 Å². The standard InChI is InChI=1S/C19H20O3/c1-13(11-17(20)21)9-10-19(22)16-8-6-5-7-15(16)14(2)12-18(19,3)4/h5-8,11,22H,2,12H2,1,3-4H3,(H,20,21)/b13-11-. The van der Waals surface area contributed by atoms with Crippen molar-refractivity contribution < 1.29 is 15.0 Å². The Morgan fingerprint density at radius 2 is 2.00 bits per heavy atom. The lowest BCUT2D eigenvalue weighted by Crippen LogP contribution is -2.44. The normalized spacial score (nSPS) is 23.3. The maximum atomic E-state index is 11.3. The monoisotopic (exact) mass is 296 g/mol. The number of hydrogen-bond donors (Lipinski definition) is 2. The van der Waals surface area contributed by atoms with Crippen molar-refractivity contribution in [3.8, 4) is 11.8 Å². The zero-order valence-electron chi connectivity index (χ0n) is 13.1. The largest absolute Gasteiger partial charge is 0.478 e. The maximum absolute atomic E-state index is 11.3. The van der Waals surface area contributed by atoms with Crippen LogP contribution < -0.4 is 0 Å². The molecule has 2 N–H and O–H groups in total. The molecule has 0 radical (unpaired) electrons. The lowest BCUT2D eigenvalue weighted by atomic mass is 9.62. The third-order valence-corrected chi connectivity index (χ3v) is 4.11. The van der Waals surface area contributed by atoms with Crippen LogP contribution in [-0.2, 0) is 10.4 Å². The highest BCUT2D eigenvalue weighted by molar-refractivity contribution is 5.81. The summed E-state index contributed by atoms with van der Waals surface area (Å²) >= 11 is 0. The van der Waals surface area contributed by atoms with Crippen LogP contribution in [-0.4, -0.2) is 16.2 Å². The summed E-state index contributed by atoms with van der Waals surface area (Å²) in [5.41, 5.74) is 1.15. The van der Waals surface area contributed by atoms with Gasteiger partial charge < -0.3 is 10.2 Å². The SMILES string of the molecule is C=C1CC(C)(C)C(O)(C#C/C(C)=C\C(=O)O)c2ccccc21. The van der Waals surface area contributed by atoms with Crippen LogP contribution in [0.5, 0.6) is 0 Å². The highest BCUT2D eigenvalue weighted by Crippen LogP contribution is 2.51. The van der Waals surface area contributed by atoms with Crippen molar-refractivity contribution in [1.29, 1.82) is 0 Å². The Balaban J connectivity index is 2.60. The van der Waals surface area contributed by atoms with Gasteiger partial charge in [0.25, 0.3) is 0 Å². The van der Waals surface area contributed by atoms with E-state index >= 15 is 0 Å². The number of benzene rings is 1. The Morgan fingerprint density at radius 1 is 1.36 bits per heavy atom. The van der Waals surface area contributed by atoms with Crippen LogP contribution in [0.3, 0.4) is 0 Å². The average Bonchev–Trinajstić information content (AvgIpc) is 2.42. The van der Waals surface area contributed by atoms with E-state index < -0.39 is 17.0 Å². The minimum absolute atomic E-state index is 0.401. The molecule has 0 bridgehead atoms. The molecule has 1 aromatic rings. The number of rotatable bonds is 1. The first-order chi connectivity index (χ1) is 10.2. The van der Waals surface area contributed by atoms with Gasteiger partial charge in [-0.25, -0.2) is 4.79 Å². The summed E-state index contributed by atoms with van der Waals surface area (Å²) in [6.07, 6.45) is 1.66. The molecular formula is C19H20O3. The first-order valence-electron chi connectivity index (χ1n) is 7.12. The molecule has 0 aromatic heterocycles. The van der Waals surface area contributed by atoms with E-state index in [2.05, 4.69) is 18.4 Å². The number of hydrogen-bond acceptors (Lipinski definition) is 2. The van der Waals surface area contributed by atoms with E-state index in [0.717, 1.165) is 22.8 Å². The number of carbonyl (C=O) groups is 1. The molecule has 1 aliphatic rings. The van der Waals surface area contributed by atoms with Crippen LogP contribution >= 0.6 is 0 Å². The van der Waals surface area contributed by atoms with Gasteiger partial charge >= 0.3 is 5.97 Å². The molecule has 1 atom stereocenters. The zero-order chi connectivity index (χ0) is 16.5. The summed E-state index contributed by atoms with van der Waals surface area (Å²) in [7, 11) is 0. The predicted molar refractivity (Wildman–Crippen MR) is 86.9 cm³/mol. The quantitative estimate of drug-likeness (QED) is 0.617. The van der Waals surface area contributed by atoms with Crippen molar-refractivity contribution >= 4 is 11.5 Å². The third-order valence-electron chi connectivity index (χ3n) is 4.11. The Morgan fingerprint density at radius 3 is 2.64 bits per heavy atom. The summed E-state index contributed by atoms with van der Waals surface area (Å²) in [4.78, 5) is 10.7. The average molecular weight is 296 g/mol. The summed E-state index contributed by atoms with van der Waals surface area (Å²) in [5.74, 6) is 4.64. The number of fused-ring (bicyclic) bond motifs is 1. The lowest BCUT2D eigenvalue weighted by molar-refractivity contribution is -0.131. The topological polar surface area (TPSA) is 57.5 Å². The van der Waals surface area contributed by atoms with Crippen LogP contribution in [0.2, 0.25) is 0 Å². The smallest absolute Gasteiger partial charge is 0.329 e. The summed E-state index contributed by atoms with van der Waals surface area (Å²) in [6.45, 7) is 9.61. The fourth-order valence-electron chi connectivity index (χ4n) is 2.87. The van der Waals surface area contributed by atoms with Gasteiger partial charge in [0.05, 0.1) is 0 Å². The Labute approximate surface area is 131 Å². The molecule has 1 unspecified atom stereocenters. The first kappa shape index (κ1) is 16.1. The molecular weight excluding hydrogens is 276 g/mol. The van der Waals surface area contributed by atoms with Gasteiger partial charge in [0, 0.05) is 22.6 Å². The van der Waals surface area contributed by atoms with Crippen molar-refractivity contribution in [2.24, 2.45) is 5.41 Å². The number of carboxylic acid groups (broad SMARTS) is 1. The van der Waals surface area contributed by atoms with Crippen molar-refractivity contribution in [1.82, 2.24) is 0 Å². The Kier molecular flexibility index (Phi) is 4.00. The summed E-state index contributed by atoms with van der Waals surface area (Å²) in [6, 6.07) is 7.55. The van der Waals surface area contributed by atoms with Gasteiger partial charge in [0.2, 0.25) is 0 Å². The van der Waals surface area contributed by atoms with Gasteiger partial charge in [-0.15, -0.1) is 0 Å². The van der Waals surface area contributed by atoms with Gasteiger partial charge in [0.1, 0.15) is 0 Å². The third kappa shape index (κ3) is 2.70. The van der Waals surface area contributed by atoms with Gasteiger partial charge in [-0.1, -0.05) is 56.5 Å². The van der Waals surface area contributed by atoms with Crippen molar-refractivity contribution in [3.63, 3.8) is 0 Å². The minimum atomic E-state index is -1.35. The van der Waals surface area contributed by atoms with E-state index in [1.54, 1.807) is 6.92 Å². The van der Waals surface area contributed by atoms with Crippen LogP contribution in [0.4, 0.5) is 0 Å². The molecule has 0 saturated heterocycles. The fourth-order valence-corrected chi connectivity index (χ4v) is 2.87. The number of allylic oxidation sites excluding steroid dienone is 2. The molecule has 0 amide bonds. The number of aliphatic hydroxyl groups is 1. The highest BCUT2D eigenvalue weighted by atomic mass is 16.4. The van der Waals surface area contributed by atoms with Crippen molar-refractivity contribution in [2.45, 2.75) is 32.8 Å². The molecule has 0 heterocycles. The van der Waals surface area contributed by atoms with E-state index in [4.69, 9.17) is 5.11 Å². The fraction of sp³-hybridized carbons (Fsp3) is 0.316. The van der Waals surface area contributed by atoms with Crippen LogP contribution in [0.15, 0.2) is 42.5 Å². The number of carboxylic acids is 1. The van der Waals surface area contributed by atoms with E-state index in [9.17, 15) is 9.90 Å². The Bertz CT molecular complexity index is 729. The molecule has 0 spiro atoms. The second kappa shape index (κ2) is 5.47. The molecule has 3 nitrogen and oxygen atoms in total. The molecule has 1 aromatic carbocycles. The summed E-state index contributed by atoms with van der Waals surface area (Å²) in [5, 5.41) is 20.0. The van der Waals surface area contributed by atoms with Crippen molar-refractivity contribution in [3.05, 3.63) is 53.6 Å². The second-order valence-corrected chi connectivity index (χ2v) is 6.34. The Hall–Kier alpha value is -2.31. The molecule has 22 heavy (non-hydrogen) atoms. The predicted octanol–water partition coefficient (Wildman–Crippen LogP) is 3.35. The molecule has 3 heteroatoms. The van der Waals surface area contributed by atoms with Crippen LogP contribution in [0.1, 0.15) is 38.3 Å². The van der Waals surface area contributed by atoms with Gasteiger partial charge in [-0.05, 0) is 24.5 Å². The number of aliphatic carboxylic acids is 1. The second-order valence-electron chi connectivity index (χ2n) is 6.34. The van der Waals surface area contributed by atoms with Gasteiger partial charge in [-0.3, -0.25) is 0 Å². The van der Waals surface area contributed by atoms with Gasteiger partial charge in [0.15, 0.2) is 5.60 Å². The van der Waals surface area contributed by atoms with Crippen LogP contribution in [0, 0.1) is 17.3 Å². The van der Waals surface area contributed by atoms with Gasteiger partial charge in [-0.2, -0.15) is 0 Å². The first-order valence-corrected chi connectivity index (χ1v) is 7.12. The van der Waals surface area contributed by atoms with E-state index in [-0.39, 0.29) is 0 Å². The molecule has 2 rings (SSSR count). The highest BCUT2D eigenvalue weighted by Gasteiger charge is 2.48. The maximum Gasteiger partial charge on any atom is 0.329 e. The molecule has 0 aliphatic heterocycles. The lowest BCUT2D eigenvalue weighted by Gasteiger charge is -2.45. The minimum Gasteiger partial charge on any atom is -0.478 e. The van der Waals surface area contributed by atoms with E-state index in [1.165, 1.54) is 0 Å². The summed E-state index contributed by atoms with van der Waals surface area (Å²) < 4.78 is 0. The molecule has 114 valence electrons. The molecule has 0 saturated carbocycles. The van der Waals surface area contributed by atoms with Crippen LogP contribution in [0.25, 0.3) is 5.57 Å². The van der Waals surface area contributed by atoms with E-state index in [1.807, 2.05) is 38.1 Å². The molecule has 0 fully saturated rings. The van der Waals surface area contributed by atoms with E-state index in [0.29, 0.717) is 12.0 Å². The molecule has 1 aliphatic carbocycles.